The lowest BCUT2D eigenvalue weighted by atomic mass is 10.1. The van der Waals surface area contributed by atoms with Crippen molar-refractivity contribution in [2.24, 2.45) is 0 Å². The number of methoxy groups -OCH3 is 1. The maximum Gasteiger partial charge on any atom is 0.274 e. The van der Waals surface area contributed by atoms with Gasteiger partial charge in [0.05, 0.1) is 17.2 Å². The molecule has 0 unspecified atom stereocenters. The van der Waals surface area contributed by atoms with Gasteiger partial charge in [-0.1, -0.05) is 23.2 Å². The fraction of sp³-hybridized carbons (Fsp3) is 0.294. The Morgan fingerprint density at radius 3 is 2.42 bits per heavy atom. The maximum absolute atomic E-state index is 12.4. The van der Waals surface area contributed by atoms with Gasteiger partial charge in [0.1, 0.15) is 11.6 Å². The first-order valence-electron chi connectivity index (χ1n) is 7.29. The lowest BCUT2D eigenvalue weighted by Crippen LogP contribution is -2.41. The molecule has 0 radical (unpaired) electrons. The number of pyridine rings is 1. The van der Waals surface area contributed by atoms with Crippen LogP contribution < -0.4 is 15.4 Å². The van der Waals surface area contributed by atoms with Gasteiger partial charge in [0.25, 0.3) is 5.91 Å². The van der Waals surface area contributed by atoms with Crippen LogP contribution in [0, 0.1) is 0 Å². The number of halogens is 2. The average molecular weight is 368 g/mol. The van der Waals surface area contributed by atoms with Crippen LogP contribution in [-0.4, -0.2) is 23.5 Å². The highest BCUT2D eigenvalue weighted by Gasteiger charge is 2.20. The zero-order valence-electron chi connectivity index (χ0n) is 13.9. The number of carbonyl (C=O) groups excluding carboxylic acids is 1. The Morgan fingerprint density at radius 1 is 1.12 bits per heavy atom. The number of aromatic nitrogens is 1. The molecule has 1 aromatic carbocycles. The van der Waals surface area contributed by atoms with Crippen molar-refractivity contribution in [3.05, 3.63) is 46.1 Å². The Labute approximate surface area is 151 Å². The molecule has 0 bridgehead atoms. The number of rotatable bonds is 4. The topological polar surface area (TPSA) is 63.2 Å². The van der Waals surface area contributed by atoms with E-state index >= 15 is 0 Å². The molecule has 128 valence electrons. The molecule has 2 aromatic rings. The smallest absolute Gasteiger partial charge is 0.274 e. The molecule has 2 N–H and O–H groups in total. The number of ether oxygens (including phenoxy) is 1. The van der Waals surface area contributed by atoms with Crippen LogP contribution in [0.2, 0.25) is 10.0 Å². The Hall–Kier alpha value is -1.98. The van der Waals surface area contributed by atoms with Crippen LogP contribution in [0.3, 0.4) is 0 Å². The monoisotopic (exact) mass is 367 g/mol. The molecule has 2 rings (SSSR count). The lowest BCUT2D eigenvalue weighted by Gasteiger charge is -2.21. The van der Waals surface area contributed by atoms with E-state index in [-0.39, 0.29) is 17.1 Å². The summed E-state index contributed by atoms with van der Waals surface area (Å²) in [5.74, 6) is 0.585. The van der Waals surface area contributed by atoms with Crippen LogP contribution in [0.15, 0.2) is 30.3 Å². The minimum atomic E-state index is -0.378. The van der Waals surface area contributed by atoms with Gasteiger partial charge in [0, 0.05) is 11.2 Å². The molecule has 24 heavy (non-hydrogen) atoms. The van der Waals surface area contributed by atoms with Gasteiger partial charge >= 0.3 is 0 Å². The summed E-state index contributed by atoms with van der Waals surface area (Å²) in [5, 5.41) is 6.86. The van der Waals surface area contributed by atoms with Crippen molar-refractivity contribution in [3.63, 3.8) is 0 Å². The number of hydrogen-bond donors (Lipinski definition) is 2. The summed E-state index contributed by atoms with van der Waals surface area (Å²) in [7, 11) is 1.50. The summed E-state index contributed by atoms with van der Waals surface area (Å²) in [6, 6.07) is 8.54. The van der Waals surface area contributed by atoms with Crippen molar-refractivity contribution in [1.82, 2.24) is 10.3 Å². The van der Waals surface area contributed by atoms with E-state index in [1.54, 1.807) is 30.3 Å². The summed E-state index contributed by atoms with van der Waals surface area (Å²) in [6.07, 6.45) is 0. The van der Waals surface area contributed by atoms with E-state index in [9.17, 15) is 4.79 Å². The Kier molecular flexibility index (Phi) is 5.57. The average Bonchev–Trinajstić information content (AvgIpc) is 2.49. The fourth-order valence-electron chi connectivity index (χ4n) is 1.96. The van der Waals surface area contributed by atoms with E-state index < -0.39 is 0 Å². The molecule has 5 nitrogen and oxygen atoms in total. The van der Waals surface area contributed by atoms with Gasteiger partial charge < -0.3 is 15.4 Å². The van der Waals surface area contributed by atoms with Gasteiger partial charge in [-0.25, -0.2) is 4.98 Å². The second-order valence-corrected chi connectivity index (χ2v) is 7.02. The van der Waals surface area contributed by atoms with E-state index in [0.29, 0.717) is 27.3 Å². The van der Waals surface area contributed by atoms with Crippen LogP contribution in [0.4, 0.5) is 11.5 Å². The van der Waals surface area contributed by atoms with Crippen LogP contribution >= 0.6 is 23.2 Å². The zero-order valence-corrected chi connectivity index (χ0v) is 15.4. The van der Waals surface area contributed by atoms with E-state index in [1.165, 1.54) is 7.11 Å². The normalized spacial score (nSPS) is 11.1. The summed E-state index contributed by atoms with van der Waals surface area (Å²) in [4.78, 5) is 16.8. The number of carbonyl (C=O) groups is 1. The first-order valence-corrected chi connectivity index (χ1v) is 8.05. The maximum atomic E-state index is 12.4. The molecule has 0 aliphatic heterocycles. The Bertz CT molecular complexity index is 758. The van der Waals surface area contributed by atoms with E-state index in [0.717, 1.165) is 0 Å². The van der Waals surface area contributed by atoms with Gasteiger partial charge in [-0.15, -0.1) is 0 Å². The molecule has 1 amide bonds. The van der Waals surface area contributed by atoms with Crippen molar-refractivity contribution in [3.8, 4) is 5.75 Å². The van der Waals surface area contributed by atoms with E-state index in [1.807, 2.05) is 20.8 Å². The summed E-state index contributed by atoms with van der Waals surface area (Å²) < 4.78 is 5.23. The van der Waals surface area contributed by atoms with Crippen LogP contribution in [0.5, 0.6) is 5.75 Å². The number of nitrogens with zero attached hydrogens (tertiary/aromatic N) is 1. The summed E-state index contributed by atoms with van der Waals surface area (Å²) in [5.41, 5.74) is 0.540. The third-order valence-corrected chi connectivity index (χ3v) is 3.71. The van der Waals surface area contributed by atoms with Gasteiger partial charge in [0.2, 0.25) is 0 Å². The van der Waals surface area contributed by atoms with Crippen LogP contribution in [0.1, 0.15) is 31.3 Å². The van der Waals surface area contributed by atoms with Crippen molar-refractivity contribution in [2.75, 3.05) is 12.4 Å². The molecule has 0 atom stereocenters. The predicted octanol–water partition coefficient (Wildman–Crippen LogP) is 4.67. The Balaban J connectivity index is 2.30. The number of nitrogens with one attached hydrogen (secondary N) is 2. The molecule has 0 aliphatic carbocycles. The zero-order chi connectivity index (χ0) is 17.9. The number of anilines is 2. The molecule has 0 spiro atoms. The predicted molar refractivity (Wildman–Crippen MR) is 97.8 cm³/mol. The minimum Gasteiger partial charge on any atom is -0.494 e. The van der Waals surface area contributed by atoms with Crippen molar-refractivity contribution < 1.29 is 9.53 Å². The lowest BCUT2D eigenvalue weighted by molar-refractivity contribution is 0.0911. The molecular weight excluding hydrogens is 349 g/mol. The molecule has 0 saturated carbocycles. The van der Waals surface area contributed by atoms with Crippen LogP contribution in [-0.2, 0) is 0 Å². The van der Waals surface area contributed by atoms with E-state index in [2.05, 4.69) is 15.6 Å². The molecule has 0 fully saturated rings. The van der Waals surface area contributed by atoms with Gasteiger partial charge in [-0.2, -0.15) is 0 Å². The van der Waals surface area contributed by atoms with Gasteiger partial charge in [-0.3, -0.25) is 4.79 Å². The van der Waals surface area contributed by atoms with Crippen molar-refractivity contribution in [1.29, 1.82) is 0 Å². The van der Waals surface area contributed by atoms with Gasteiger partial charge in [0.15, 0.2) is 5.69 Å². The second-order valence-electron chi connectivity index (χ2n) is 6.21. The highest BCUT2D eigenvalue weighted by molar-refractivity contribution is 6.42. The highest BCUT2D eigenvalue weighted by atomic mass is 35.5. The third kappa shape index (κ3) is 4.76. The molecule has 1 heterocycles. The third-order valence-electron chi connectivity index (χ3n) is 2.97. The largest absolute Gasteiger partial charge is 0.494 e. The van der Waals surface area contributed by atoms with Gasteiger partial charge in [-0.05, 0) is 51.1 Å². The molecule has 0 aliphatic rings. The first kappa shape index (κ1) is 18.4. The fourth-order valence-corrected chi connectivity index (χ4v) is 2.26. The molecular formula is C17H19Cl2N3O2. The molecule has 0 saturated heterocycles. The molecule has 1 aromatic heterocycles. The number of amides is 1. The standard InChI is InChI=1S/C17H19Cl2N3O2/c1-17(2,3)22-16(23)15-13(24-4)7-8-14(21-15)20-10-5-6-11(18)12(19)9-10/h5-9H,1-4H3,(H,20,21)(H,22,23). The Morgan fingerprint density at radius 2 is 1.83 bits per heavy atom. The summed E-state index contributed by atoms with van der Waals surface area (Å²) in [6.45, 7) is 5.69. The van der Waals surface area contributed by atoms with Crippen molar-refractivity contribution >= 4 is 40.6 Å². The molecule has 7 heteroatoms. The van der Waals surface area contributed by atoms with E-state index in [4.69, 9.17) is 27.9 Å². The number of benzene rings is 1. The highest BCUT2D eigenvalue weighted by Crippen LogP contribution is 2.27. The quantitative estimate of drug-likeness (QED) is 0.823. The number of hydrogen-bond acceptors (Lipinski definition) is 4. The van der Waals surface area contributed by atoms with Crippen molar-refractivity contribution in [2.45, 2.75) is 26.3 Å². The SMILES string of the molecule is COc1ccc(Nc2ccc(Cl)c(Cl)c2)nc1C(=O)NC(C)(C)C. The minimum absolute atomic E-state index is 0.206. The first-order chi connectivity index (χ1) is 11.2. The van der Waals surface area contributed by atoms with Crippen LogP contribution in [0.25, 0.3) is 0 Å². The summed E-state index contributed by atoms with van der Waals surface area (Å²) >= 11 is 11.9. The second kappa shape index (κ2) is 7.28.